The van der Waals surface area contributed by atoms with Crippen LogP contribution in [0.1, 0.15) is 20.3 Å². The highest BCUT2D eigenvalue weighted by Crippen LogP contribution is 2.24. The normalized spacial score (nSPS) is 12.8. The predicted octanol–water partition coefficient (Wildman–Crippen LogP) is 2.60. The number of carboxylic acid groups (broad SMARTS) is 1. The van der Waals surface area contributed by atoms with Gasteiger partial charge in [-0.1, -0.05) is 13.8 Å². The number of hydrogen-bond acceptors (Lipinski definition) is 5. The summed E-state index contributed by atoms with van der Waals surface area (Å²) in [6.07, 6.45) is 2.01. The van der Waals surface area contributed by atoms with E-state index in [-0.39, 0.29) is 0 Å². The molecule has 96 valence electrons. The highest BCUT2D eigenvalue weighted by Gasteiger charge is 2.20. The Bertz CT molecular complexity index is 553. The lowest BCUT2D eigenvalue weighted by atomic mass is 10.0. The van der Waals surface area contributed by atoms with Gasteiger partial charge in [0.15, 0.2) is 0 Å². The molecule has 5 nitrogen and oxygen atoms in total. The number of fused-ring (bicyclic) bond motifs is 1. The smallest absolute Gasteiger partial charge is 0.326 e. The van der Waals surface area contributed by atoms with E-state index in [1.165, 1.54) is 17.7 Å². The highest BCUT2D eigenvalue weighted by molar-refractivity contribution is 7.16. The van der Waals surface area contributed by atoms with Crippen molar-refractivity contribution in [2.75, 3.05) is 5.32 Å². The maximum absolute atomic E-state index is 11.2. The average Bonchev–Trinajstić information content (AvgIpc) is 2.76. The van der Waals surface area contributed by atoms with Crippen LogP contribution in [0, 0.1) is 5.92 Å². The summed E-state index contributed by atoms with van der Waals surface area (Å²) in [7, 11) is 0. The van der Waals surface area contributed by atoms with Crippen LogP contribution in [0.25, 0.3) is 10.2 Å². The van der Waals surface area contributed by atoms with Gasteiger partial charge in [0, 0.05) is 0 Å². The van der Waals surface area contributed by atoms with Gasteiger partial charge in [0.25, 0.3) is 0 Å². The van der Waals surface area contributed by atoms with Crippen LogP contribution >= 0.6 is 11.3 Å². The van der Waals surface area contributed by atoms with E-state index in [4.69, 9.17) is 0 Å². The molecule has 0 fully saturated rings. The first-order valence-corrected chi connectivity index (χ1v) is 6.63. The summed E-state index contributed by atoms with van der Waals surface area (Å²) in [5, 5.41) is 15.0. The molecule has 0 aromatic carbocycles. The molecule has 2 N–H and O–H groups in total. The summed E-state index contributed by atoms with van der Waals surface area (Å²) in [5.74, 6) is 0.0402. The second-order valence-corrected chi connectivity index (χ2v) is 5.42. The van der Waals surface area contributed by atoms with Crippen LogP contribution in [-0.2, 0) is 4.79 Å². The molecule has 0 radical (unpaired) electrons. The maximum atomic E-state index is 11.2. The third kappa shape index (κ3) is 2.76. The Morgan fingerprint density at radius 3 is 2.94 bits per heavy atom. The Morgan fingerprint density at radius 1 is 1.50 bits per heavy atom. The molecular formula is C12H15N3O2S. The molecule has 2 aromatic heterocycles. The van der Waals surface area contributed by atoms with E-state index in [1.807, 2.05) is 25.3 Å². The Labute approximate surface area is 109 Å². The highest BCUT2D eigenvalue weighted by atomic mass is 32.1. The lowest BCUT2D eigenvalue weighted by molar-refractivity contribution is -0.138. The van der Waals surface area contributed by atoms with Gasteiger partial charge in [0.2, 0.25) is 0 Å². The Kier molecular flexibility index (Phi) is 3.76. The molecule has 0 aliphatic carbocycles. The van der Waals surface area contributed by atoms with Crippen molar-refractivity contribution in [1.29, 1.82) is 0 Å². The molecule has 0 saturated heterocycles. The summed E-state index contributed by atoms with van der Waals surface area (Å²) in [6, 6.07) is 1.28. The van der Waals surface area contributed by atoms with Crippen molar-refractivity contribution >= 4 is 33.3 Å². The van der Waals surface area contributed by atoms with E-state index >= 15 is 0 Å². The van der Waals surface area contributed by atoms with E-state index in [2.05, 4.69) is 15.3 Å². The molecule has 0 unspecified atom stereocenters. The fraction of sp³-hybridized carbons (Fsp3) is 0.417. The van der Waals surface area contributed by atoms with E-state index in [0.717, 1.165) is 10.2 Å². The summed E-state index contributed by atoms with van der Waals surface area (Å²) in [4.78, 5) is 20.3. The number of carbonyl (C=O) groups is 1. The van der Waals surface area contributed by atoms with Gasteiger partial charge in [-0.25, -0.2) is 14.8 Å². The minimum atomic E-state index is -0.856. The van der Waals surface area contributed by atoms with Crippen molar-refractivity contribution in [3.63, 3.8) is 0 Å². The third-order valence-electron chi connectivity index (χ3n) is 2.58. The third-order valence-corrected chi connectivity index (χ3v) is 3.40. The van der Waals surface area contributed by atoms with Gasteiger partial charge in [-0.3, -0.25) is 0 Å². The van der Waals surface area contributed by atoms with Crippen LogP contribution in [0.5, 0.6) is 0 Å². The van der Waals surface area contributed by atoms with Gasteiger partial charge >= 0.3 is 5.97 Å². The first-order valence-electron chi connectivity index (χ1n) is 5.75. The van der Waals surface area contributed by atoms with E-state index < -0.39 is 12.0 Å². The SMILES string of the molecule is CC(C)C[C@@H](Nc1ncnc2sccc12)C(=O)O. The standard InChI is InChI=1S/C12H15N3O2S/c1-7(2)5-9(12(16)17)15-10-8-3-4-18-11(8)14-6-13-10/h3-4,6-7,9H,5H2,1-2H3,(H,16,17)(H,13,14,15)/t9-/m1/s1. The number of rotatable bonds is 5. The molecule has 18 heavy (non-hydrogen) atoms. The van der Waals surface area contributed by atoms with Gasteiger partial charge in [-0.2, -0.15) is 0 Å². The van der Waals surface area contributed by atoms with E-state index in [0.29, 0.717) is 18.2 Å². The van der Waals surface area contributed by atoms with Gasteiger partial charge in [0.1, 0.15) is 23.0 Å². The zero-order valence-electron chi connectivity index (χ0n) is 10.3. The number of anilines is 1. The minimum Gasteiger partial charge on any atom is -0.480 e. The van der Waals surface area contributed by atoms with Crippen molar-refractivity contribution < 1.29 is 9.90 Å². The Balaban J connectivity index is 2.25. The number of aliphatic carboxylic acids is 1. The number of hydrogen-bond donors (Lipinski definition) is 2. The summed E-state index contributed by atoms with van der Waals surface area (Å²) < 4.78 is 0. The van der Waals surface area contributed by atoms with E-state index in [1.54, 1.807) is 0 Å². The zero-order chi connectivity index (χ0) is 13.1. The average molecular weight is 265 g/mol. The van der Waals surface area contributed by atoms with Crippen molar-refractivity contribution in [2.45, 2.75) is 26.3 Å². The second-order valence-electron chi connectivity index (χ2n) is 4.53. The predicted molar refractivity (Wildman–Crippen MR) is 71.9 cm³/mol. The molecular weight excluding hydrogens is 250 g/mol. The second kappa shape index (κ2) is 5.30. The molecule has 0 bridgehead atoms. The molecule has 0 aliphatic rings. The van der Waals surface area contributed by atoms with Crippen molar-refractivity contribution in [2.24, 2.45) is 5.92 Å². The topological polar surface area (TPSA) is 75.1 Å². The summed E-state index contributed by atoms with van der Waals surface area (Å²) >= 11 is 1.51. The lowest BCUT2D eigenvalue weighted by Crippen LogP contribution is -2.31. The molecule has 2 aromatic rings. The number of thiophene rings is 1. The van der Waals surface area contributed by atoms with Crippen LogP contribution < -0.4 is 5.32 Å². The van der Waals surface area contributed by atoms with Gasteiger partial charge in [-0.05, 0) is 23.8 Å². The number of aromatic nitrogens is 2. The molecule has 6 heteroatoms. The minimum absolute atomic E-state index is 0.304. The zero-order valence-corrected chi connectivity index (χ0v) is 11.1. The van der Waals surface area contributed by atoms with Crippen LogP contribution in [0.4, 0.5) is 5.82 Å². The fourth-order valence-corrected chi connectivity index (χ4v) is 2.50. The van der Waals surface area contributed by atoms with Crippen LogP contribution in [-0.4, -0.2) is 27.1 Å². The molecule has 1 atom stereocenters. The van der Waals surface area contributed by atoms with Crippen molar-refractivity contribution in [3.8, 4) is 0 Å². The molecule has 2 heterocycles. The quantitative estimate of drug-likeness (QED) is 0.869. The van der Waals surface area contributed by atoms with Gasteiger partial charge in [0.05, 0.1) is 5.39 Å². The monoisotopic (exact) mass is 265 g/mol. The van der Waals surface area contributed by atoms with Gasteiger partial charge in [-0.15, -0.1) is 11.3 Å². The van der Waals surface area contributed by atoms with E-state index in [9.17, 15) is 9.90 Å². The number of nitrogens with zero attached hydrogens (tertiary/aromatic N) is 2. The van der Waals surface area contributed by atoms with Crippen LogP contribution in [0.2, 0.25) is 0 Å². The molecule has 2 rings (SSSR count). The number of nitrogens with one attached hydrogen (secondary N) is 1. The van der Waals surface area contributed by atoms with Crippen molar-refractivity contribution in [1.82, 2.24) is 9.97 Å². The van der Waals surface area contributed by atoms with Crippen LogP contribution in [0.15, 0.2) is 17.8 Å². The molecule has 0 aliphatic heterocycles. The first-order chi connectivity index (χ1) is 8.58. The largest absolute Gasteiger partial charge is 0.480 e. The lowest BCUT2D eigenvalue weighted by Gasteiger charge is -2.17. The van der Waals surface area contributed by atoms with Crippen LogP contribution in [0.3, 0.4) is 0 Å². The first kappa shape index (κ1) is 12.8. The maximum Gasteiger partial charge on any atom is 0.326 e. The van der Waals surface area contributed by atoms with Gasteiger partial charge < -0.3 is 10.4 Å². The Hall–Kier alpha value is -1.69. The summed E-state index contributed by atoms with van der Waals surface area (Å²) in [5.41, 5.74) is 0. The fourth-order valence-electron chi connectivity index (χ4n) is 1.76. The number of carboxylic acids is 1. The molecule has 0 amide bonds. The Morgan fingerprint density at radius 2 is 2.28 bits per heavy atom. The summed E-state index contributed by atoms with van der Waals surface area (Å²) in [6.45, 7) is 4.00. The molecule has 0 spiro atoms. The molecule has 0 saturated carbocycles. The van der Waals surface area contributed by atoms with Crippen molar-refractivity contribution in [3.05, 3.63) is 17.8 Å².